The van der Waals surface area contributed by atoms with E-state index in [2.05, 4.69) is 22.3 Å². The Hall–Kier alpha value is -2.38. The zero-order chi connectivity index (χ0) is 20.1. The molecule has 1 saturated carbocycles. The maximum atomic E-state index is 12.3. The quantitative estimate of drug-likeness (QED) is 0.861. The molecule has 7 nitrogen and oxygen atoms in total. The van der Waals surface area contributed by atoms with E-state index in [-0.39, 0.29) is 11.9 Å². The lowest BCUT2D eigenvalue weighted by molar-refractivity contribution is -0.117. The number of hydrogen-bond donors (Lipinski definition) is 1. The van der Waals surface area contributed by atoms with Crippen LogP contribution >= 0.6 is 0 Å². The van der Waals surface area contributed by atoms with E-state index < -0.39 is 6.23 Å². The van der Waals surface area contributed by atoms with Crippen molar-refractivity contribution >= 4 is 17.3 Å². The molecule has 2 fully saturated rings. The fourth-order valence-corrected chi connectivity index (χ4v) is 4.62. The Bertz CT molecular complexity index is 919. The van der Waals surface area contributed by atoms with Gasteiger partial charge in [-0.2, -0.15) is 5.10 Å². The smallest absolute Gasteiger partial charge is 0.224 e. The van der Waals surface area contributed by atoms with Gasteiger partial charge in [0.05, 0.1) is 42.9 Å². The predicted molar refractivity (Wildman–Crippen MR) is 111 cm³/mol. The molecule has 7 heteroatoms. The highest BCUT2D eigenvalue weighted by Crippen LogP contribution is 2.42. The van der Waals surface area contributed by atoms with Gasteiger partial charge in [-0.1, -0.05) is 12.5 Å². The van der Waals surface area contributed by atoms with E-state index in [1.54, 1.807) is 6.92 Å². The predicted octanol–water partition coefficient (Wildman–Crippen LogP) is 2.80. The van der Waals surface area contributed by atoms with Gasteiger partial charge >= 0.3 is 0 Å². The van der Waals surface area contributed by atoms with Crippen molar-refractivity contribution in [2.45, 2.75) is 51.4 Å². The second-order valence-electron chi connectivity index (χ2n) is 8.60. The summed E-state index contributed by atoms with van der Waals surface area (Å²) in [6.07, 6.45) is 6.73. The lowest BCUT2D eigenvalue weighted by Gasteiger charge is -2.47. The minimum atomic E-state index is -0.510. The number of anilines is 2. The molecular formula is C22H28N4O3. The third-order valence-corrected chi connectivity index (χ3v) is 6.61. The van der Waals surface area contributed by atoms with E-state index in [4.69, 9.17) is 4.74 Å². The molecule has 2 atom stereocenters. The molecule has 1 N–H and O–H groups in total. The lowest BCUT2D eigenvalue weighted by Crippen LogP contribution is -2.55. The number of nitrogens with zero attached hydrogens (tertiary/aromatic N) is 4. The summed E-state index contributed by atoms with van der Waals surface area (Å²) in [5.74, 6) is 0.339. The average molecular weight is 396 g/mol. The van der Waals surface area contributed by atoms with Crippen molar-refractivity contribution in [2.75, 3.05) is 29.6 Å². The van der Waals surface area contributed by atoms with Crippen molar-refractivity contribution in [1.82, 2.24) is 9.78 Å². The van der Waals surface area contributed by atoms with Gasteiger partial charge in [0.25, 0.3) is 0 Å². The largest absolute Gasteiger partial charge is 0.377 e. The topological polar surface area (TPSA) is 70.8 Å². The minimum Gasteiger partial charge on any atom is -0.377 e. The van der Waals surface area contributed by atoms with Crippen LogP contribution in [0.25, 0.3) is 11.1 Å². The highest BCUT2D eigenvalue weighted by Gasteiger charge is 2.38. The van der Waals surface area contributed by atoms with Gasteiger partial charge in [0, 0.05) is 31.1 Å². The van der Waals surface area contributed by atoms with Gasteiger partial charge in [-0.15, -0.1) is 0 Å². The van der Waals surface area contributed by atoms with Crippen LogP contribution in [0.3, 0.4) is 0 Å². The molecule has 3 aliphatic rings. The number of aliphatic hydroxyl groups excluding tert-OH is 1. The number of benzene rings is 1. The summed E-state index contributed by atoms with van der Waals surface area (Å²) in [4.78, 5) is 16.3. The number of carbonyl (C=O) groups excluding carboxylic acids is 1. The van der Waals surface area contributed by atoms with E-state index in [0.717, 1.165) is 35.3 Å². The molecule has 0 radical (unpaired) electrons. The third kappa shape index (κ3) is 3.13. The summed E-state index contributed by atoms with van der Waals surface area (Å²) in [5.41, 5.74) is 3.87. The Labute approximate surface area is 170 Å². The first kappa shape index (κ1) is 18.6. The zero-order valence-electron chi connectivity index (χ0n) is 17.0. The van der Waals surface area contributed by atoms with E-state index in [1.165, 1.54) is 6.42 Å². The first-order valence-electron chi connectivity index (χ1n) is 10.5. The zero-order valence-corrected chi connectivity index (χ0v) is 17.0. The summed E-state index contributed by atoms with van der Waals surface area (Å²) in [7, 11) is 0. The average Bonchev–Trinajstić information content (AvgIpc) is 3.06. The second-order valence-corrected chi connectivity index (χ2v) is 8.60. The molecule has 1 aliphatic carbocycles. The molecule has 2 aliphatic heterocycles. The van der Waals surface area contributed by atoms with Gasteiger partial charge in [-0.05, 0) is 37.5 Å². The van der Waals surface area contributed by atoms with Gasteiger partial charge in [-0.3, -0.25) is 9.48 Å². The SMILES string of the molecule is CC(=O)N1c2ccc(-c3cnn(C4COC4)c3)cc2N(C(O)C2CCC2)C[C@@H]1C. The van der Waals surface area contributed by atoms with Gasteiger partial charge in [0.2, 0.25) is 5.91 Å². The van der Waals surface area contributed by atoms with Crippen LogP contribution in [0.5, 0.6) is 0 Å². The molecule has 3 heterocycles. The molecule has 5 rings (SSSR count). The van der Waals surface area contributed by atoms with Crippen molar-refractivity contribution in [3.8, 4) is 11.1 Å². The highest BCUT2D eigenvalue weighted by atomic mass is 16.5. The molecule has 1 unspecified atom stereocenters. The standard InChI is InChI=1S/C22H28N4O3/c1-14-10-24(22(28)16-4-3-5-16)21-8-17(6-7-20(21)26(14)15(2)27)18-9-23-25(11-18)19-12-29-13-19/h6-9,11,14,16,19,22,28H,3-5,10,12-13H2,1-2H3/t14-,22?/m0/s1. The van der Waals surface area contributed by atoms with Gasteiger partial charge in [-0.25, -0.2) is 0 Å². The minimum absolute atomic E-state index is 0.0157. The molecule has 1 amide bonds. The van der Waals surface area contributed by atoms with Gasteiger partial charge in [0.1, 0.15) is 6.23 Å². The van der Waals surface area contributed by atoms with Gasteiger partial charge in [0.15, 0.2) is 0 Å². The number of ether oxygens (including phenoxy) is 1. The Balaban J connectivity index is 1.53. The molecular weight excluding hydrogens is 368 g/mol. The molecule has 1 aromatic carbocycles. The molecule has 154 valence electrons. The van der Waals surface area contributed by atoms with Crippen LogP contribution in [0.15, 0.2) is 30.6 Å². The Morgan fingerprint density at radius 2 is 2.03 bits per heavy atom. The van der Waals surface area contributed by atoms with Crippen molar-refractivity contribution in [2.24, 2.45) is 5.92 Å². The summed E-state index contributed by atoms with van der Waals surface area (Å²) in [6.45, 7) is 5.70. The van der Waals surface area contributed by atoms with E-state index in [0.29, 0.717) is 31.7 Å². The van der Waals surface area contributed by atoms with Crippen LogP contribution in [0.2, 0.25) is 0 Å². The number of amides is 1. The number of rotatable bonds is 4. The van der Waals surface area contributed by atoms with Crippen molar-refractivity contribution in [3.05, 3.63) is 30.6 Å². The summed E-state index contributed by atoms with van der Waals surface area (Å²) < 4.78 is 7.23. The Morgan fingerprint density at radius 3 is 2.66 bits per heavy atom. The lowest BCUT2D eigenvalue weighted by atomic mass is 9.83. The number of aromatic nitrogens is 2. The number of fused-ring (bicyclic) bond motifs is 1. The van der Waals surface area contributed by atoms with Crippen LogP contribution in [0.1, 0.15) is 39.2 Å². The first-order chi connectivity index (χ1) is 14.0. The fourth-order valence-electron chi connectivity index (χ4n) is 4.62. The second kappa shape index (κ2) is 7.15. The number of carbonyl (C=O) groups is 1. The molecule has 0 spiro atoms. The molecule has 2 aromatic rings. The van der Waals surface area contributed by atoms with Crippen molar-refractivity contribution in [3.63, 3.8) is 0 Å². The fraction of sp³-hybridized carbons (Fsp3) is 0.545. The number of hydrogen-bond acceptors (Lipinski definition) is 5. The van der Waals surface area contributed by atoms with Crippen LogP contribution in [-0.2, 0) is 9.53 Å². The van der Waals surface area contributed by atoms with Crippen molar-refractivity contribution in [1.29, 1.82) is 0 Å². The maximum absolute atomic E-state index is 12.3. The Kier molecular flexibility index (Phi) is 4.59. The molecule has 1 aromatic heterocycles. The van der Waals surface area contributed by atoms with Crippen LogP contribution < -0.4 is 9.80 Å². The monoisotopic (exact) mass is 396 g/mol. The molecule has 0 bridgehead atoms. The summed E-state index contributed by atoms with van der Waals surface area (Å²) in [6, 6.07) is 6.47. The van der Waals surface area contributed by atoms with Crippen molar-refractivity contribution < 1.29 is 14.6 Å². The molecule has 1 saturated heterocycles. The van der Waals surface area contributed by atoms with Crippen LogP contribution in [-0.4, -0.2) is 52.8 Å². The van der Waals surface area contributed by atoms with Crippen LogP contribution in [0, 0.1) is 5.92 Å². The third-order valence-electron chi connectivity index (χ3n) is 6.61. The number of aliphatic hydroxyl groups is 1. The molecule has 29 heavy (non-hydrogen) atoms. The van der Waals surface area contributed by atoms with Gasteiger partial charge < -0.3 is 19.6 Å². The highest BCUT2D eigenvalue weighted by molar-refractivity contribution is 5.98. The van der Waals surface area contributed by atoms with E-state index in [9.17, 15) is 9.90 Å². The van der Waals surface area contributed by atoms with Crippen LogP contribution in [0.4, 0.5) is 11.4 Å². The summed E-state index contributed by atoms with van der Waals surface area (Å²) in [5, 5.41) is 15.5. The van der Waals surface area contributed by atoms with E-state index >= 15 is 0 Å². The Morgan fingerprint density at radius 1 is 1.24 bits per heavy atom. The van der Waals surface area contributed by atoms with E-state index in [1.807, 2.05) is 34.8 Å². The first-order valence-corrected chi connectivity index (χ1v) is 10.5. The maximum Gasteiger partial charge on any atom is 0.224 e. The normalized spacial score (nSPS) is 23.3. The summed E-state index contributed by atoms with van der Waals surface area (Å²) >= 11 is 0.